The van der Waals surface area contributed by atoms with Crippen molar-refractivity contribution in [3.05, 3.63) is 40.5 Å². The summed E-state index contributed by atoms with van der Waals surface area (Å²) in [5, 5.41) is 3.31. The summed E-state index contributed by atoms with van der Waals surface area (Å²) in [7, 11) is 0. The van der Waals surface area contributed by atoms with Crippen molar-refractivity contribution >= 4 is 23.1 Å². The molecule has 0 aromatic carbocycles. The van der Waals surface area contributed by atoms with Gasteiger partial charge in [-0.05, 0) is 30.4 Å². The van der Waals surface area contributed by atoms with Crippen molar-refractivity contribution in [1.29, 1.82) is 0 Å². The SMILES string of the molecule is CCC(N)C(Sc1cnccn1)c1sccc1C. The number of aromatic nitrogens is 2. The molecule has 2 aromatic heterocycles. The van der Waals surface area contributed by atoms with Crippen molar-refractivity contribution in [2.45, 2.75) is 36.6 Å². The van der Waals surface area contributed by atoms with Crippen molar-refractivity contribution in [2.75, 3.05) is 0 Å². The predicted octanol–water partition coefficient (Wildman–Crippen LogP) is 3.42. The zero-order valence-electron chi connectivity index (χ0n) is 10.5. The molecule has 2 atom stereocenters. The Hall–Kier alpha value is -0.910. The van der Waals surface area contributed by atoms with E-state index < -0.39 is 0 Å². The van der Waals surface area contributed by atoms with Gasteiger partial charge in [0.15, 0.2) is 0 Å². The summed E-state index contributed by atoms with van der Waals surface area (Å²) in [5.74, 6) is 0. The van der Waals surface area contributed by atoms with E-state index >= 15 is 0 Å². The second kappa shape index (κ2) is 6.31. The van der Waals surface area contributed by atoms with Crippen LogP contribution in [-0.4, -0.2) is 16.0 Å². The lowest BCUT2D eigenvalue weighted by atomic mass is 10.1. The zero-order valence-corrected chi connectivity index (χ0v) is 12.2. The third kappa shape index (κ3) is 3.10. The highest BCUT2D eigenvalue weighted by atomic mass is 32.2. The number of rotatable bonds is 5. The van der Waals surface area contributed by atoms with Crippen LogP contribution in [0.3, 0.4) is 0 Å². The van der Waals surface area contributed by atoms with Crippen molar-refractivity contribution in [3.8, 4) is 0 Å². The molecule has 2 rings (SSSR count). The third-order valence-corrected chi connectivity index (χ3v) is 5.35. The van der Waals surface area contributed by atoms with Gasteiger partial charge in [-0.1, -0.05) is 18.7 Å². The Morgan fingerprint density at radius 3 is 2.83 bits per heavy atom. The molecule has 0 fully saturated rings. The smallest absolute Gasteiger partial charge is 0.115 e. The topological polar surface area (TPSA) is 51.8 Å². The summed E-state index contributed by atoms with van der Waals surface area (Å²) >= 11 is 3.48. The van der Waals surface area contributed by atoms with Gasteiger partial charge in [-0.3, -0.25) is 4.98 Å². The van der Waals surface area contributed by atoms with Crippen LogP contribution in [0.1, 0.15) is 29.0 Å². The van der Waals surface area contributed by atoms with Crippen molar-refractivity contribution in [2.24, 2.45) is 5.73 Å². The van der Waals surface area contributed by atoms with Gasteiger partial charge in [0, 0.05) is 23.3 Å². The van der Waals surface area contributed by atoms with Crippen LogP contribution in [0.25, 0.3) is 0 Å². The largest absolute Gasteiger partial charge is 0.326 e. The van der Waals surface area contributed by atoms with Gasteiger partial charge in [0.1, 0.15) is 5.03 Å². The fourth-order valence-electron chi connectivity index (χ4n) is 1.70. The first-order valence-corrected chi connectivity index (χ1v) is 7.70. The van der Waals surface area contributed by atoms with E-state index in [4.69, 9.17) is 5.73 Å². The summed E-state index contributed by atoms with van der Waals surface area (Å²) in [5.41, 5.74) is 7.57. The molecule has 0 spiro atoms. The molecule has 0 aliphatic heterocycles. The molecule has 0 aliphatic rings. The van der Waals surface area contributed by atoms with E-state index in [0.717, 1.165) is 11.4 Å². The molecule has 0 aliphatic carbocycles. The Kier molecular flexibility index (Phi) is 4.74. The van der Waals surface area contributed by atoms with Crippen LogP contribution in [0.2, 0.25) is 0 Å². The number of thioether (sulfide) groups is 1. The number of hydrogen-bond acceptors (Lipinski definition) is 5. The molecular weight excluding hydrogens is 262 g/mol. The Morgan fingerprint density at radius 1 is 1.44 bits per heavy atom. The van der Waals surface area contributed by atoms with E-state index in [1.807, 2.05) is 0 Å². The number of nitrogens with two attached hydrogens (primary N) is 1. The molecule has 0 radical (unpaired) electrons. The number of nitrogens with zero attached hydrogens (tertiary/aromatic N) is 2. The monoisotopic (exact) mass is 279 g/mol. The van der Waals surface area contributed by atoms with E-state index in [2.05, 4.69) is 35.3 Å². The van der Waals surface area contributed by atoms with Gasteiger partial charge in [0.05, 0.1) is 11.4 Å². The maximum atomic E-state index is 6.26. The van der Waals surface area contributed by atoms with Gasteiger partial charge in [0.25, 0.3) is 0 Å². The second-order valence-electron chi connectivity index (χ2n) is 4.12. The van der Waals surface area contributed by atoms with E-state index in [0.29, 0.717) is 0 Å². The van der Waals surface area contributed by atoms with E-state index in [9.17, 15) is 0 Å². The first-order valence-electron chi connectivity index (χ1n) is 5.94. The molecule has 2 N–H and O–H groups in total. The average Bonchev–Trinajstić information content (AvgIpc) is 2.82. The van der Waals surface area contributed by atoms with Gasteiger partial charge in [-0.15, -0.1) is 11.3 Å². The number of hydrogen-bond donors (Lipinski definition) is 1. The minimum atomic E-state index is 0.134. The fraction of sp³-hybridized carbons (Fsp3) is 0.385. The average molecular weight is 279 g/mol. The highest BCUT2D eigenvalue weighted by molar-refractivity contribution is 7.99. The minimum Gasteiger partial charge on any atom is -0.326 e. The normalized spacial score (nSPS) is 14.4. The van der Waals surface area contributed by atoms with Gasteiger partial charge in [-0.2, -0.15) is 0 Å². The van der Waals surface area contributed by atoms with E-state index in [1.165, 1.54) is 10.4 Å². The lowest BCUT2D eigenvalue weighted by Gasteiger charge is -2.21. The molecule has 5 heteroatoms. The maximum Gasteiger partial charge on any atom is 0.115 e. The standard InChI is InChI=1S/C13H17N3S2/c1-3-10(14)13(12-9(2)4-7-17-12)18-11-8-15-5-6-16-11/h4-8,10,13H,3,14H2,1-2H3. The van der Waals surface area contributed by atoms with Crippen molar-refractivity contribution in [3.63, 3.8) is 0 Å². The summed E-state index contributed by atoms with van der Waals surface area (Å²) < 4.78 is 0. The molecule has 0 saturated carbocycles. The molecule has 0 amide bonds. The van der Waals surface area contributed by atoms with Crippen LogP contribution in [0.4, 0.5) is 0 Å². The van der Waals surface area contributed by atoms with Gasteiger partial charge < -0.3 is 5.73 Å². The molecular formula is C13H17N3S2. The zero-order chi connectivity index (χ0) is 13.0. The Labute approximate surface area is 116 Å². The molecule has 0 saturated heterocycles. The second-order valence-corrected chi connectivity index (χ2v) is 6.23. The van der Waals surface area contributed by atoms with Gasteiger partial charge in [-0.25, -0.2) is 4.98 Å². The predicted molar refractivity (Wildman–Crippen MR) is 78.0 cm³/mol. The van der Waals surface area contributed by atoms with Crippen LogP contribution in [0.15, 0.2) is 35.1 Å². The minimum absolute atomic E-state index is 0.134. The Balaban J connectivity index is 2.24. The van der Waals surface area contributed by atoms with E-state index in [-0.39, 0.29) is 11.3 Å². The Morgan fingerprint density at radius 2 is 2.28 bits per heavy atom. The molecule has 2 unspecified atom stereocenters. The van der Waals surface area contributed by atoms with Crippen molar-refractivity contribution in [1.82, 2.24) is 9.97 Å². The summed E-state index contributed by atoms with van der Waals surface area (Å²) in [6.45, 7) is 4.26. The summed E-state index contributed by atoms with van der Waals surface area (Å²) in [6.07, 6.45) is 6.16. The fourth-order valence-corrected chi connectivity index (χ4v) is 4.16. The van der Waals surface area contributed by atoms with Gasteiger partial charge >= 0.3 is 0 Å². The molecule has 2 heterocycles. The first kappa shape index (κ1) is 13.5. The van der Waals surface area contributed by atoms with E-state index in [1.54, 1.807) is 41.7 Å². The summed E-state index contributed by atoms with van der Waals surface area (Å²) in [4.78, 5) is 9.78. The van der Waals surface area contributed by atoms with Crippen LogP contribution >= 0.6 is 23.1 Å². The molecule has 96 valence electrons. The van der Waals surface area contributed by atoms with Crippen LogP contribution < -0.4 is 5.73 Å². The molecule has 0 bridgehead atoms. The lowest BCUT2D eigenvalue weighted by Crippen LogP contribution is -2.25. The summed E-state index contributed by atoms with van der Waals surface area (Å²) in [6, 6.07) is 2.28. The first-order chi connectivity index (χ1) is 8.72. The quantitative estimate of drug-likeness (QED) is 0.852. The highest BCUT2D eigenvalue weighted by Gasteiger charge is 2.23. The van der Waals surface area contributed by atoms with Crippen LogP contribution in [0.5, 0.6) is 0 Å². The van der Waals surface area contributed by atoms with Crippen LogP contribution in [-0.2, 0) is 0 Å². The number of thiophene rings is 1. The molecule has 2 aromatic rings. The molecule has 3 nitrogen and oxygen atoms in total. The van der Waals surface area contributed by atoms with Crippen LogP contribution in [0, 0.1) is 6.92 Å². The highest BCUT2D eigenvalue weighted by Crippen LogP contribution is 2.40. The Bertz CT molecular complexity index is 484. The third-order valence-electron chi connectivity index (χ3n) is 2.81. The molecule has 18 heavy (non-hydrogen) atoms. The number of aryl methyl sites for hydroxylation is 1. The van der Waals surface area contributed by atoms with Crippen molar-refractivity contribution < 1.29 is 0 Å². The lowest BCUT2D eigenvalue weighted by molar-refractivity contribution is 0.637. The van der Waals surface area contributed by atoms with Gasteiger partial charge in [0.2, 0.25) is 0 Å². The maximum absolute atomic E-state index is 6.26.